The SMILES string of the molecule is CCC(C)C(=O)NC(C)(C)CCCl. The minimum absolute atomic E-state index is 0.0922. The minimum Gasteiger partial charge on any atom is -0.351 e. The molecule has 0 bridgehead atoms. The van der Waals surface area contributed by atoms with Crippen LogP contribution in [-0.2, 0) is 4.79 Å². The Morgan fingerprint density at radius 1 is 1.54 bits per heavy atom. The lowest BCUT2D eigenvalue weighted by atomic mass is 9.99. The summed E-state index contributed by atoms with van der Waals surface area (Å²) >= 11 is 5.63. The maximum Gasteiger partial charge on any atom is 0.223 e. The number of hydrogen-bond donors (Lipinski definition) is 1. The number of halogens is 1. The maximum absolute atomic E-state index is 11.5. The number of amides is 1. The van der Waals surface area contributed by atoms with Gasteiger partial charge in [-0.3, -0.25) is 4.79 Å². The van der Waals surface area contributed by atoms with Crippen molar-refractivity contribution in [1.29, 1.82) is 0 Å². The maximum atomic E-state index is 11.5. The van der Waals surface area contributed by atoms with E-state index in [4.69, 9.17) is 11.6 Å². The van der Waals surface area contributed by atoms with Gasteiger partial charge in [0, 0.05) is 17.3 Å². The van der Waals surface area contributed by atoms with Gasteiger partial charge < -0.3 is 5.32 Å². The molecule has 1 atom stereocenters. The zero-order chi connectivity index (χ0) is 10.5. The lowest BCUT2D eigenvalue weighted by molar-refractivity contribution is -0.126. The van der Waals surface area contributed by atoms with Gasteiger partial charge in [0.2, 0.25) is 5.91 Å². The molecule has 0 saturated carbocycles. The van der Waals surface area contributed by atoms with Crippen LogP contribution in [-0.4, -0.2) is 17.3 Å². The summed E-state index contributed by atoms with van der Waals surface area (Å²) in [6.45, 7) is 7.94. The van der Waals surface area contributed by atoms with Crippen LogP contribution in [0.15, 0.2) is 0 Å². The van der Waals surface area contributed by atoms with Gasteiger partial charge in [-0.1, -0.05) is 13.8 Å². The van der Waals surface area contributed by atoms with E-state index in [1.807, 2.05) is 27.7 Å². The van der Waals surface area contributed by atoms with E-state index in [1.165, 1.54) is 0 Å². The molecule has 0 rings (SSSR count). The standard InChI is InChI=1S/C10H20ClNO/c1-5-8(2)9(13)12-10(3,4)6-7-11/h8H,5-7H2,1-4H3,(H,12,13). The first-order chi connectivity index (χ1) is 5.93. The summed E-state index contributed by atoms with van der Waals surface area (Å²) in [5, 5.41) is 2.98. The highest BCUT2D eigenvalue weighted by Gasteiger charge is 2.21. The van der Waals surface area contributed by atoms with Crippen LogP contribution in [0.3, 0.4) is 0 Å². The molecule has 0 aliphatic heterocycles. The first-order valence-electron chi connectivity index (χ1n) is 4.81. The van der Waals surface area contributed by atoms with E-state index >= 15 is 0 Å². The lowest BCUT2D eigenvalue weighted by Gasteiger charge is -2.26. The Hall–Kier alpha value is -0.240. The Kier molecular flexibility index (Phi) is 5.38. The molecule has 0 heterocycles. The molecular formula is C10H20ClNO. The first-order valence-corrected chi connectivity index (χ1v) is 5.34. The predicted octanol–water partition coefficient (Wildman–Crippen LogP) is 2.56. The molecule has 0 saturated heterocycles. The van der Waals surface area contributed by atoms with Crippen LogP contribution in [0, 0.1) is 5.92 Å². The third-order valence-electron chi connectivity index (χ3n) is 2.24. The fourth-order valence-corrected chi connectivity index (χ4v) is 1.41. The Balaban J connectivity index is 4.03. The van der Waals surface area contributed by atoms with Crippen molar-refractivity contribution in [3.8, 4) is 0 Å². The summed E-state index contributed by atoms with van der Waals surface area (Å²) in [6.07, 6.45) is 1.68. The number of carbonyl (C=O) groups is 1. The second-order valence-electron chi connectivity index (χ2n) is 4.12. The molecule has 0 fully saturated rings. The van der Waals surface area contributed by atoms with Gasteiger partial charge in [0.1, 0.15) is 0 Å². The van der Waals surface area contributed by atoms with Crippen LogP contribution >= 0.6 is 11.6 Å². The van der Waals surface area contributed by atoms with Crippen molar-refractivity contribution >= 4 is 17.5 Å². The predicted molar refractivity (Wildman–Crippen MR) is 57.0 cm³/mol. The molecule has 0 aromatic carbocycles. The Morgan fingerprint density at radius 3 is 2.46 bits per heavy atom. The van der Waals surface area contributed by atoms with Crippen molar-refractivity contribution in [3.63, 3.8) is 0 Å². The fourth-order valence-electron chi connectivity index (χ4n) is 0.941. The number of hydrogen-bond acceptors (Lipinski definition) is 1. The summed E-state index contributed by atoms with van der Waals surface area (Å²) in [6, 6.07) is 0. The Bertz CT molecular complexity index is 168. The van der Waals surface area contributed by atoms with Gasteiger partial charge in [0.25, 0.3) is 0 Å². The molecule has 0 aliphatic carbocycles. The third kappa shape index (κ3) is 5.14. The topological polar surface area (TPSA) is 29.1 Å². The van der Waals surface area contributed by atoms with Crippen LogP contribution in [0.2, 0.25) is 0 Å². The van der Waals surface area contributed by atoms with Gasteiger partial charge in [-0.15, -0.1) is 11.6 Å². The van der Waals surface area contributed by atoms with E-state index < -0.39 is 0 Å². The van der Waals surface area contributed by atoms with Gasteiger partial charge >= 0.3 is 0 Å². The smallest absolute Gasteiger partial charge is 0.223 e. The van der Waals surface area contributed by atoms with Gasteiger partial charge in [-0.25, -0.2) is 0 Å². The molecule has 2 nitrogen and oxygen atoms in total. The summed E-state index contributed by atoms with van der Waals surface area (Å²) < 4.78 is 0. The highest BCUT2D eigenvalue weighted by molar-refractivity contribution is 6.17. The largest absolute Gasteiger partial charge is 0.351 e. The highest BCUT2D eigenvalue weighted by atomic mass is 35.5. The van der Waals surface area contributed by atoms with Crippen LogP contribution in [0.25, 0.3) is 0 Å². The number of carbonyl (C=O) groups excluding carboxylic acids is 1. The Labute approximate surface area is 86.0 Å². The minimum atomic E-state index is -0.178. The first kappa shape index (κ1) is 12.8. The molecule has 0 aromatic rings. The van der Waals surface area contributed by atoms with Crippen molar-refractivity contribution in [3.05, 3.63) is 0 Å². The van der Waals surface area contributed by atoms with Crippen molar-refractivity contribution in [2.75, 3.05) is 5.88 Å². The monoisotopic (exact) mass is 205 g/mol. The van der Waals surface area contributed by atoms with Gasteiger partial charge in [-0.05, 0) is 26.7 Å². The van der Waals surface area contributed by atoms with E-state index in [-0.39, 0.29) is 17.4 Å². The van der Waals surface area contributed by atoms with Crippen LogP contribution < -0.4 is 5.32 Å². The molecule has 1 N–H and O–H groups in total. The second-order valence-corrected chi connectivity index (χ2v) is 4.50. The van der Waals surface area contributed by atoms with Crippen molar-refractivity contribution in [2.24, 2.45) is 5.92 Å². The number of alkyl halides is 1. The van der Waals surface area contributed by atoms with Crippen molar-refractivity contribution in [2.45, 2.75) is 46.1 Å². The van der Waals surface area contributed by atoms with Crippen LogP contribution in [0.4, 0.5) is 0 Å². The molecular weight excluding hydrogens is 186 g/mol. The van der Waals surface area contributed by atoms with E-state index in [1.54, 1.807) is 0 Å². The van der Waals surface area contributed by atoms with E-state index in [0.717, 1.165) is 12.8 Å². The highest BCUT2D eigenvalue weighted by Crippen LogP contribution is 2.11. The summed E-state index contributed by atoms with van der Waals surface area (Å²) in [4.78, 5) is 11.5. The second kappa shape index (κ2) is 5.48. The molecule has 0 spiro atoms. The molecule has 0 radical (unpaired) electrons. The lowest BCUT2D eigenvalue weighted by Crippen LogP contribution is -2.45. The zero-order valence-electron chi connectivity index (χ0n) is 8.98. The third-order valence-corrected chi connectivity index (χ3v) is 2.43. The Morgan fingerprint density at radius 2 is 2.08 bits per heavy atom. The molecule has 13 heavy (non-hydrogen) atoms. The number of rotatable bonds is 5. The molecule has 0 aromatic heterocycles. The summed E-state index contributed by atoms with van der Waals surface area (Å²) in [5.41, 5.74) is -0.178. The normalized spacial score (nSPS) is 13.9. The van der Waals surface area contributed by atoms with E-state index in [2.05, 4.69) is 5.32 Å². The van der Waals surface area contributed by atoms with Crippen LogP contribution in [0.1, 0.15) is 40.5 Å². The van der Waals surface area contributed by atoms with Gasteiger partial charge in [0.05, 0.1) is 0 Å². The zero-order valence-corrected chi connectivity index (χ0v) is 9.74. The van der Waals surface area contributed by atoms with Gasteiger partial charge in [0.15, 0.2) is 0 Å². The van der Waals surface area contributed by atoms with Crippen molar-refractivity contribution < 1.29 is 4.79 Å². The molecule has 78 valence electrons. The van der Waals surface area contributed by atoms with Crippen molar-refractivity contribution in [1.82, 2.24) is 5.32 Å². The molecule has 1 amide bonds. The fraction of sp³-hybridized carbons (Fsp3) is 0.900. The number of nitrogens with one attached hydrogen (secondary N) is 1. The molecule has 3 heteroatoms. The summed E-state index contributed by atoms with van der Waals surface area (Å²) in [7, 11) is 0. The van der Waals surface area contributed by atoms with E-state index in [0.29, 0.717) is 5.88 Å². The van der Waals surface area contributed by atoms with Crippen LogP contribution in [0.5, 0.6) is 0 Å². The quantitative estimate of drug-likeness (QED) is 0.687. The summed E-state index contributed by atoms with van der Waals surface area (Å²) in [5.74, 6) is 0.792. The van der Waals surface area contributed by atoms with E-state index in [9.17, 15) is 4.79 Å². The van der Waals surface area contributed by atoms with Gasteiger partial charge in [-0.2, -0.15) is 0 Å². The average molecular weight is 206 g/mol. The average Bonchev–Trinajstić information content (AvgIpc) is 2.01. The molecule has 1 unspecified atom stereocenters. The molecule has 0 aliphatic rings.